The van der Waals surface area contributed by atoms with E-state index in [9.17, 15) is 9.59 Å². The number of H-pyrrole nitrogens is 1. The van der Waals surface area contributed by atoms with Gasteiger partial charge in [0.1, 0.15) is 5.69 Å². The van der Waals surface area contributed by atoms with Gasteiger partial charge in [0.2, 0.25) is 0 Å². The van der Waals surface area contributed by atoms with Crippen molar-refractivity contribution in [1.29, 1.82) is 0 Å². The van der Waals surface area contributed by atoms with Gasteiger partial charge in [0.25, 0.3) is 11.8 Å². The first-order valence-corrected chi connectivity index (χ1v) is 9.56. The van der Waals surface area contributed by atoms with Gasteiger partial charge >= 0.3 is 0 Å². The van der Waals surface area contributed by atoms with Crippen molar-refractivity contribution in [2.45, 2.75) is 18.9 Å². The minimum Gasteiger partial charge on any atom is -0.376 e. The average Bonchev–Trinajstić information content (AvgIpc) is 3.35. The number of ether oxygens (including phenoxy) is 1. The first-order valence-electron chi connectivity index (χ1n) is 9.18. The number of para-hydroxylation sites is 1. The Kier molecular flexibility index (Phi) is 5.32. The van der Waals surface area contributed by atoms with E-state index in [0.29, 0.717) is 28.5 Å². The van der Waals surface area contributed by atoms with Crippen molar-refractivity contribution in [2.75, 3.05) is 18.5 Å². The fraction of sp³-hybridized carbons (Fsp3) is 0.238. The molecule has 0 radical (unpaired) electrons. The lowest BCUT2D eigenvalue weighted by Crippen LogP contribution is -2.32. The van der Waals surface area contributed by atoms with Crippen LogP contribution in [0.5, 0.6) is 0 Å². The summed E-state index contributed by atoms with van der Waals surface area (Å²) in [5.74, 6) is -0.568. The molecule has 28 heavy (non-hydrogen) atoms. The number of nitrogens with one attached hydrogen (secondary N) is 3. The molecule has 0 bridgehead atoms. The van der Waals surface area contributed by atoms with Crippen LogP contribution >= 0.6 is 11.6 Å². The molecule has 1 saturated heterocycles. The van der Waals surface area contributed by atoms with Gasteiger partial charge in [-0.25, -0.2) is 0 Å². The maximum absolute atomic E-state index is 12.7. The van der Waals surface area contributed by atoms with Crippen molar-refractivity contribution in [1.82, 2.24) is 10.3 Å². The fourth-order valence-corrected chi connectivity index (χ4v) is 3.49. The van der Waals surface area contributed by atoms with Crippen LogP contribution in [0.15, 0.2) is 48.5 Å². The third-order valence-electron chi connectivity index (χ3n) is 4.76. The highest BCUT2D eigenvalue weighted by Crippen LogP contribution is 2.22. The second-order valence-electron chi connectivity index (χ2n) is 6.76. The van der Waals surface area contributed by atoms with E-state index in [1.807, 2.05) is 6.07 Å². The van der Waals surface area contributed by atoms with E-state index in [1.54, 1.807) is 42.5 Å². The number of anilines is 1. The van der Waals surface area contributed by atoms with Crippen molar-refractivity contribution in [3.8, 4) is 0 Å². The van der Waals surface area contributed by atoms with Crippen LogP contribution in [0.2, 0.25) is 5.02 Å². The maximum Gasteiger partial charge on any atom is 0.272 e. The van der Waals surface area contributed by atoms with Crippen LogP contribution in [0.25, 0.3) is 10.9 Å². The number of aromatic nitrogens is 1. The van der Waals surface area contributed by atoms with Crippen molar-refractivity contribution >= 4 is 40.0 Å². The molecule has 1 atom stereocenters. The number of halogens is 1. The van der Waals surface area contributed by atoms with Crippen LogP contribution in [0.3, 0.4) is 0 Å². The van der Waals surface area contributed by atoms with Gasteiger partial charge in [-0.15, -0.1) is 0 Å². The Hall–Kier alpha value is -2.83. The van der Waals surface area contributed by atoms with E-state index in [1.165, 1.54) is 0 Å². The average molecular weight is 398 g/mol. The molecule has 7 heteroatoms. The van der Waals surface area contributed by atoms with Crippen LogP contribution in [-0.2, 0) is 4.74 Å². The summed E-state index contributed by atoms with van der Waals surface area (Å²) in [6.07, 6.45) is 2.02. The molecule has 1 aliphatic rings. The lowest BCUT2D eigenvalue weighted by Gasteiger charge is -2.13. The number of fused-ring (bicyclic) bond motifs is 1. The lowest BCUT2D eigenvalue weighted by molar-refractivity contribution is 0.0858. The Morgan fingerprint density at radius 3 is 2.82 bits per heavy atom. The highest BCUT2D eigenvalue weighted by molar-refractivity contribution is 6.31. The maximum atomic E-state index is 12.7. The largest absolute Gasteiger partial charge is 0.376 e. The third kappa shape index (κ3) is 4.03. The predicted molar refractivity (Wildman–Crippen MR) is 109 cm³/mol. The topological polar surface area (TPSA) is 83.2 Å². The molecule has 0 saturated carbocycles. The molecule has 2 aromatic carbocycles. The van der Waals surface area contributed by atoms with Crippen LogP contribution in [0.4, 0.5) is 5.69 Å². The first-order chi connectivity index (χ1) is 13.6. The Labute approximate surface area is 167 Å². The Balaban J connectivity index is 1.49. The van der Waals surface area contributed by atoms with Gasteiger partial charge in [0.05, 0.1) is 17.4 Å². The van der Waals surface area contributed by atoms with E-state index in [-0.39, 0.29) is 17.9 Å². The standard InChI is InChI=1S/C21H20ClN3O3/c22-14-7-8-17-13(10-14)11-19(24-17)21(27)25-18-6-2-1-5-16(18)20(26)23-12-15-4-3-9-28-15/h1-2,5-8,10-11,15,24H,3-4,9,12H2,(H,23,26)(H,25,27). The van der Waals surface area contributed by atoms with Gasteiger partial charge in [0, 0.05) is 29.1 Å². The molecule has 6 nitrogen and oxygen atoms in total. The predicted octanol–water partition coefficient (Wildman–Crippen LogP) is 3.98. The number of amides is 2. The molecule has 4 rings (SSSR count). The second kappa shape index (κ2) is 8.04. The zero-order valence-electron chi connectivity index (χ0n) is 15.1. The van der Waals surface area contributed by atoms with Crippen molar-refractivity contribution in [3.05, 3.63) is 64.8 Å². The SMILES string of the molecule is O=C(Nc1ccccc1C(=O)NCC1CCCO1)c1cc2cc(Cl)ccc2[nH]1. The third-order valence-corrected chi connectivity index (χ3v) is 5.00. The van der Waals surface area contributed by atoms with Crippen LogP contribution in [-0.4, -0.2) is 36.1 Å². The van der Waals surface area contributed by atoms with E-state index in [2.05, 4.69) is 15.6 Å². The molecule has 144 valence electrons. The number of aromatic amines is 1. The summed E-state index contributed by atoms with van der Waals surface area (Å²) < 4.78 is 5.53. The summed E-state index contributed by atoms with van der Waals surface area (Å²) in [5, 5.41) is 7.15. The summed E-state index contributed by atoms with van der Waals surface area (Å²) in [4.78, 5) is 28.3. The molecule has 3 N–H and O–H groups in total. The number of carbonyl (C=O) groups is 2. The van der Waals surface area contributed by atoms with E-state index in [0.717, 1.165) is 30.4 Å². The van der Waals surface area contributed by atoms with Crippen molar-refractivity contribution < 1.29 is 14.3 Å². The van der Waals surface area contributed by atoms with E-state index >= 15 is 0 Å². The molecule has 0 aliphatic carbocycles. The van der Waals surface area contributed by atoms with Gasteiger partial charge in [0.15, 0.2) is 0 Å². The molecule has 3 aromatic rings. The molecule has 2 amide bonds. The Morgan fingerprint density at radius 2 is 2.00 bits per heavy atom. The van der Waals surface area contributed by atoms with Crippen LogP contribution in [0, 0.1) is 0 Å². The zero-order chi connectivity index (χ0) is 19.5. The summed E-state index contributed by atoms with van der Waals surface area (Å²) in [7, 11) is 0. The van der Waals surface area contributed by atoms with Crippen LogP contribution < -0.4 is 10.6 Å². The molecule has 0 spiro atoms. The Bertz CT molecular complexity index is 1020. The minimum atomic E-state index is -0.327. The number of rotatable bonds is 5. The van der Waals surface area contributed by atoms with Crippen molar-refractivity contribution in [3.63, 3.8) is 0 Å². The highest BCUT2D eigenvalue weighted by atomic mass is 35.5. The molecule has 1 aromatic heterocycles. The van der Waals surface area contributed by atoms with Gasteiger partial charge in [-0.3, -0.25) is 9.59 Å². The quantitative estimate of drug-likeness (QED) is 0.608. The molecule has 1 aliphatic heterocycles. The van der Waals surface area contributed by atoms with Gasteiger partial charge in [-0.05, 0) is 49.2 Å². The summed E-state index contributed by atoms with van der Waals surface area (Å²) in [6, 6.07) is 14.0. The van der Waals surface area contributed by atoms with Gasteiger partial charge < -0.3 is 20.4 Å². The van der Waals surface area contributed by atoms with Crippen molar-refractivity contribution in [2.24, 2.45) is 0 Å². The second-order valence-corrected chi connectivity index (χ2v) is 7.20. The summed E-state index contributed by atoms with van der Waals surface area (Å²) in [5.41, 5.74) is 2.08. The number of carbonyl (C=O) groups excluding carboxylic acids is 2. The van der Waals surface area contributed by atoms with E-state index < -0.39 is 0 Å². The van der Waals surface area contributed by atoms with Gasteiger partial charge in [-0.1, -0.05) is 23.7 Å². The number of hydrogen-bond acceptors (Lipinski definition) is 3. The molecule has 1 unspecified atom stereocenters. The number of hydrogen-bond donors (Lipinski definition) is 3. The number of benzene rings is 2. The molecular weight excluding hydrogens is 378 g/mol. The first kappa shape index (κ1) is 18.5. The van der Waals surface area contributed by atoms with E-state index in [4.69, 9.17) is 16.3 Å². The summed E-state index contributed by atoms with van der Waals surface area (Å²) in [6.45, 7) is 1.20. The normalized spacial score (nSPS) is 16.2. The minimum absolute atomic E-state index is 0.0591. The lowest BCUT2D eigenvalue weighted by atomic mass is 10.1. The fourth-order valence-electron chi connectivity index (χ4n) is 3.31. The summed E-state index contributed by atoms with van der Waals surface area (Å²) >= 11 is 6.00. The highest BCUT2D eigenvalue weighted by Gasteiger charge is 2.19. The molecular formula is C21H20ClN3O3. The molecule has 2 heterocycles. The zero-order valence-corrected chi connectivity index (χ0v) is 15.9. The Morgan fingerprint density at radius 1 is 1.14 bits per heavy atom. The smallest absolute Gasteiger partial charge is 0.272 e. The van der Waals surface area contributed by atoms with Gasteiger partial charge in [-0.2, -0.15) is 0 Å². The van der Waals surface area contributed by atoms with Crippen LogP contribution in [0.1, 0.15) is 33.7 Å². The monoisotopic (exact) mass is 397 g/mol. The molecule has 1 fully saturated rings.